The first kappa shape index (κ1) is 15.3. The molecule has 0 unspecified atom stereocenters. The van der Waals surface area contributed by atoms with E-state index in [1.54, 1.807) is 6.92 Å². The lowest BCUT2D eigenvalue weighted by Crippen LogP contribution is -2.30. The van der Waals surface area contributed by atoms with E-state index in [2.05, 4.69) is 4.85 Å². The minimum atomic E-state index is -0.515. The van der Waals surface area contributed by atoms with Gasteiger partial charge < -0.3 is 9.58 Å². The Morgan fingerprint density at radius 2 is 2.00 bits per heavy atom. The quantitative estimate of drug-likeness (QED) is 0.543. The van der Waals surface area contributed by atoms with Crippen molar-refractivity contribution >= 4 is 12.1 Å². The summed E-state index contributed by atoms with van der Waals surface area (Å²) >= 11 is 0. The minimum absolute atomic E-state index is 0.147. The van der Waals surface area contributed by atoms with Crippen molar-refractivity contribution in [1.29, 1.82) is 0 Å². The number of esters is 1. The maximum Gasteiger partial charge on any atom is 0.373 e. The fraction of sp³-hybridized carbons (Fsp3) is 0.750. The Balaban J connectivity index is 0.000000770. The molecule has 0 aromatic carbocycles. The molecule has 0 aromatic rings. The van der Waals surface area contributed by atoms with Gasteiger partial charge in [-0.3, -0.25) is 4.79 Å². The van der Waals surface area contributed by atoms with Crippen molar-refractivity contribution in [1.82, 2.24) is 0 Å². The molecule has 5 heteroatoms. The first-order chi connectivity index (χ1) is 7.80. The van der Waals surface area contributed by atoms with Crippen LogP contribution in [0.3, 0.4) is 0 Å². The highest BCUT2D eigenvalue weighted by atomic mass is 16.5. The van der Waals surface area contributed by atoms with Crippen molar-refractivity contribution < 1.29 is 19.1 Å². The Hall–Kier alpha value is -1.66. The van der Waals surface area contributed by atoms with Crippen LogP contribution in [0.15, 0.2) is 0 Å². The second-order valence-corrected chi connectivity index (χ2v) is 4.88. The molecule has 0 saturated heterocycles. The zero-order chi connectivity index (χ0) is 13.7. The van der Waals surface area contributed by atoms with E-state index < -0.39 is 5.54 Å². The number of carbonyl (C=O) groups excluding carboxylic acids is 3. The number of hydrogen-bond donors (Lipinski definition) is 0. The second-order valence-electron chi connectivity index (χ2n) is 4.88. The topological polar surface area (TPSA) is 64.8 Å². The summed E-state index contributed by atoms with van der Waals surface area (Å²) < 4.78 is 4.94. The zero-order valence-corrected chi connectivity index (χ0v) is 10.6. The van der Waals surface area contributed by atoms with Gasteiger partial charge in [-0.15, -0.1) is 0 Å². The van der Waals surface area contributed by atoms with Gasteiger partial charge in [-0.2, -0.15) is 9.59 Å². The van der Waals surface area contributed by atoms with E-state index in [1.165, 1.54) is 0 Å². The van der Waals surface area contributed by atoms with Crippen molar-refractivity contribution in [2.24, 2.45) is 11.3 Å². The van der Waals surface area contributed by atoms with Crippen molar-refractivity contribution in [2.75, 3.05) is 6.61 Å². The van der Waals surface area contributed by atoms with Crippen LogP contribution in [-0.2, 0) is 19.1 Å². The predicted octanol–water partition coefficient (Wildman–Crippen LogP) is 1.69. The Bertz CT molecular complexity index is 358. The van der Waals surface area contributed by atoms with Crippen LogP contribution in [0.4, 0.5) is 0 Å². The van der Waals surface area contributed by atoms with E-state index in [4.69, 9.17) is 20.9 Å². The van der Waals surface area contributed by atoms with E-state index in [9.17, 15) is 4.79 Å². The number of ether oxygens (including phenoxy) is 1. The van der Waals surface area contributed by atoms with E-state index in [0.717, 1.165) is 0 Å². The highest BCUT2D eigenvalue weighted by Crippen LogP contribution is 2.58. The molecule has 0 N–H and O–H groups in total. The van der Waals surface area contributed by atoms with Gasteiger partial charge in [0.25, 0.3) is 5.54 Å². The summed E-state index contributed by atoms with van der Waals surface area (Å²) in [5.74, 6) is -0.418. The van der Waals surface area contributed by atoms with E-state index >= 15 is 0 Å². The van der Waals surface area contributed by atoms with Crippen LogP contribution in [0.25, 0.3) is 4.85 Å². The molecule has 1 saturated carbocycles. The summed E-state index contributed by atoms with van der Waals surface area (Å²) in [7, 11) is 0. The average Bonchev–Trinajstić information content (AvgIpc) is 2.94. The predicted molar refractivity (Wildman–Crippen MR) is 58.5 cm³/mol. The molecule has 0 amide bonds. The molecular formula is C12H17NO4. The summed E-state index contributed by atoms with van der Waals surface area (Å²) in [6, 6.07) is 0. The lowest BCUT2D eigenvalue weighted by Gasteiger charge is -2.20. The fourth-order valence-corrected chi connectivity index (χ4v) is 1.89. The van der Waals surface area contributed by atoms with Crippen LogP contribution >= 0.6 is 0 Å². The summed E-state index contributed by atoms with van der Waals surface area (Å²) in [6.45, 7) is 15.4. The number of nitrogens with zero attached hydrogens (tertiary/aromatic N) is 1. The number of rotatable bonds is 2. The molecule has 0 spiro atoms. The Labute approximate surface area is 101 Å². The lowest BCUT2D eigenvalue weighted by atomic mass is 9.83. The Morgan fingerprint density at radius 1 is 1.53 bits per heavy atom. The molecule has 1 aliphatic carbocycles. The molecule has 2 atom stereocenters. The first-order valence-corrected chi connectivity index (χ1v) is 5.35. The summed E-state index contributed by atoms with van der Waals surface area (Å²) in [4.78, 5) is 31.3. The van der Waals surface area contributed by atoms with E-state index in [0.29, 0.717) is 13.0 Å². The van der Waals surface area contributed by atoms with Crippen molar-refractivity contribution in [2.45, 2.75) is 39.7 Å². The normalized spacial score (nSPS) is 25.7. The van der Waals surface area contributed by atoms with Gasteiger partial charge in [-0.25, -0.2) is 6.57 Å². The summed E-state index contributed by atoms with van der Waals surface area (Å²) in [5.41, 5.74) is -0.661. The maximum absolute atomic E-state index is 11.5. The van der Waals surface area contributed by atoms with Gasteiger partial charge in [0, 0.05) is 11.8 Å². The van der Waals surface area contributed by atoms with Crippen molar-refractivity contribution in [3.05, 3.63) is 11.4 Å². The van der Waals surface area contributed by atoms with Gasteiger partial charge in [0.1, 0.15) is 5.92 Å². The minimum Gasteiger partial charge on any atom is -0.466 e. The molecule has 1 aliphatic rings. The van der Waals surface area contributed by atoms with Gasteiger partial charge >= 0.3 is 12.1 Å². The van der Waals surface area contributed by atoms with E-state index in [1.807, 2.05) is 20.8 Å². The molecule has 0 bridgehead atoms. The zero-order valence-electron chi connectivity index (χ0n) is 10.6. The van der Waals surface area contributed by atoms with Crippen LogP contribution in [0, 0.1) is 17.9 Å². The summed E-state index contributed by atoms with van der Waals surface area (Å²) in [6.07, 6.45) is 0.902. The molecule has 0 aliphatic heterocycles. The smallest absolute Gasteiger partial charge is 0.373 e. The van der Waals surface area contributed by atoms with Crippen LogP contribution in [-0.4, -0.2) is 24.3 Å². The molecule has 94 valence electrons. The molecule has 17 heavy (non-hydrogen) atoms. The van der Waals surface area contributed by atoms with Crippen LogP contribution < -0.4 is 0 Å². The van der Waals surface area contributed by atoms with E-state index in [-0.39, 0.29) is 23.5 Å². The largest absolute Gasteiger partial charge is 0.466 e. The van der Waals surface area contributed by atoms with Crippen molar-refractivity contribution in [3.8, 4) is 0 Å². The Morgan fingerprint density at radius 3 is 2.24 bits per heavy atom. The molecule has 1 fully saturated rings. The maximum atomic E-state index is 11.5. The summed E-state index contributed by atoms with van der Waals surface area (Å²) in [5, 5.41) is 0. The fourth-order valence-electron chi connectivity index (χ4n) is 1.89. The monoisotopic (exact) mass is 239 g/mol. The van der Waals surface area contributed by atoms with Crippen LogP contribution in [0.1, 0.15) is 34.1 Å². The Kier molecular flexibility index (Phi) is 5.06. The SMILES string of the molecule is O=C=O.[C-]#[N+][C@@]1(C(C)(C)C)C[C@H]1C(=O)OCC. The van der Waals surface area contributed by atoms with Crippen LogP contribution in [0.2, 0.25) is 0 Å². The third kappa shape index (κ3) is 3.15. The standard InChI is InChI=1S/C11H17NO2.CO2/c1-6-14-9(13)8-7-11(8,12-5)10(2,3)4;2-1-3/h8H,6-7H2,1-4H3;/t8-,11-;/m0./s1. The molecular weight excluding hydrogens is 222 g/mol. The van der Waals surface area contributed by atoms with Gasteiger partial charge in [0.2, 0.25) is 0 Å². The average molecular weight is 239 g/mol. The number of hydrogen-bond acceptors (Lipinski definition) is 4. The van der Waals surface area contributed by atoms with Gasteiger partial charge in [0.15, 0.2) is 0 Å². The third-order valence-electron chi connectivity index (χ3n) is 3.00. The molecule has 0 radical (unpaired) electrons. The number of carbonyl (C=O) groups is 1. The van der Waals surface area contributed by atoms with Gasteiger partial charge in [-0.1, -0.05) is 20.8 Å². The second kappa shape index (κ2) is 5.60. The lowest BCUT2D eigenvalue weighted by molar-refractivity contribution is -0.191. The first-order valence-electron chi connectivity index (χ1n) is 5.35. The molecule has 1 rings (SSSR count). The molecule has 0 heterocycles. The third-order valence-corrected chi connectivity index (χ3v) is 3.00. The van der Waals surface area contributed by atoms with Gasteiger partial charge in [-0.05, 0) is 6.92 Å². The van der Waals surface area contributed by atoms with Gasteiger partial charge in [0.05, 0.1) is 6.61 Å². The molecule has 0 aromatic heterocycles. The molecule has 5 nitrogen and oxygen atoms in total. The van der Waals surface area contributed by atoms with Crippen molar-refractivity contribution in [3.63, 3.8) is 0 Å². The highest BCUT2D eigenvalue weighted by Gasteiger charge is 2.73. The highest BCUT2D eigenvalue weighted by molar-refractivity contribution is 5.79. The van der Waals surface area contributed by atoms with Crippen LogP contribution in [0.5, 0.6) is 0 Å².